The summed E-state index contributed by atoms with van der Waals surface area (Å²) in [4.78, 5) is 12.1. The van der Waals surface area contributed by atoms with Crippen LogP contribution in [0.15, 0.2) is 42.5 Å². The van der Waals surface area contributed by atoms with Crippen molar-refractivity contribution >= 4 is 17.5 Å². The summed E-state index contributed by atoms with van der Waals surface area (Å²) >= 11 is 6.12. The van der Waals surface area contributed by atoms with Gasteiger partial charge in [-0.05, 0) is 68.5 Å². The highest BCUT2D eigenvalue weighted by molar-refractivity contribution is 6.31. The van der Waals surface area contributed by atoms with E-state index in [9.17, 15) is 4.79 Å². The van der Waals surface area contributed by atoms with Crippen molar-refractivity contribution in [1.29, 1.82) is 0 Å². The van der Waals surface area contributed by atoms with Crippen LogP contribution in [0, 0.1) is 13.8 Å². The third-order valence-electron chi connectivity index (χ3n) is 4.04. The lowest BCUT2D eigenvalue weighted by atomic mass is 10.1. The van der Waals surface area contributed by atoms with Crippen molar-refractivity contribution in [3.8, 4) is 5.75 Å². The van der Waals surface area contributed by atoms with E-state index < -0.39 is 6.10 Å². The molecule has 2 aromatic rings. The summed E-state index contributed by atoms with van der Waals surface area (Å²) in [5, 5.41) is 3.68. The summed E-state index contributed by atoms with van der Waals surface area (Å²) in [6.45, 7) is 6.44. The third-order valence-corrected chi connectivity index (χ3v) is 4.41. The standard InChI is InChI=1S/C20H24ClNO2/c1-14-10-11-18(13-15(14)2)24-16(3)20(23)22-12-6-8-17-7-4-5-9-19(17)21/h4-5,7,9-11,13,16H,6,8,12H2,1-3H3,(H,22,23)/t16-/m0/s1. The number of ether oxygens (including phenoxy) is 1. The summed E-state index contributed by atoms with van der Waals surface area (Å²) in [6.07, 6.45) is 1.16. The van der Waals surface area contributed by atoms with Gasteiger partial charge in [0.2, 0.25) is 0 Å². The Morgan fingerprint density at radius 1 is 1.17 bits per heavy atom. The first-order valence-electron chi connectivity index (χ1n) is 8.22. The number of carbonyl (C=O) groups is 1. The minimum absolute atomic E-state index is 0.104. The van der Waals surface area contributed by atoms with Crippen LogP contribution in [0.3, 0.4) is 0 Å². The van der Waals surface area contributed by atoms with Gasteiger partial charge < -0.3 is 10.1 Å². The average Bonchev–Trinajstić information content (AvgIpc) is 2.56. The van der Waals surface area contributed by atoms with E-state index in [2.05, 4.69) is 5.32 Å². The minimum Gasteiger partial charge on any atom is -0.481 e. The lowest BCUT2D eigenvalue weighted by molar-refractivity contribution is -0.127. The summed E-state index contributed by atoms with van der Waals surface area (Å²) in [5.41, 5.74) is 3.46. The molecule has 1 amide bonds. The molecule has 0 aliphatic heterocycles. The van der Waals surface area contributed by atoms with Crippen LogP contribution in [0.5, 0.6) is 5.75 Å². The molecule has 0 saturated heterocycles. The van der Waals surface area contributed by atoms with Gasteiger partial charge in [0.1, 0.15) is 5.75 Å². The smallest absolute Gasteiger partial charge is 0.260 e. The van der Waals surface area contributed by atoms with E-state index in [-0.39, 0.29) is 5.91 Å². The summed E-state index contributed by atoms with van der Waals surface area (Å²) in [6, 6.07) is 13.6. The molecule has 2 rings (SSSR count). The lowest BCUT2D eigenvalue weighted by Gasteiger charge is -2.15. The maximum absolute atomic E-state index is 12.1. The number of amides is 1. The Kier molecular flexibility index (Phi) is 6.68. The predicted octanol–water partition coefficient (Wildman–Crippen LogP) is 4.47. The molecule has 1 N–H and O–H groups in total. The molecular formula is C20H24ClNO2. The zero-order valence-corrected chi connectivity index (χ0v) is 15.2. The van der Waals surface area contributed by atoms with Crippen LogP contribution < -0.4 is 10.1 Å². The van der Waals surface area contributed by atoms with Crippen molar-refractivity contribution in [3.63, 3.8) is 0 Å². The topological polar surface area (TPSA) is 38.3 Å². The fourth-order valence-electron chi connectivity index (χ4n) is 2.38. The number of carbonyl (C=O) groups excluding carboxylic acids is 1. The molecule has 0 spiro atoms. The molecule has 2 aromatic carbocycles. The van der Waals surface area contributed by atoms with Crippen LogP contribution in [0.4, 0.5) is 0 Å². The van der Waals surface area contributed by atoms with Gasteiger partial charge in [-0.15, -0.1) is 0 Å². The molecular weight excluding hydrogens is 322 g/mol. The molecule has 0 saturated carbocycles. The summed E-state index contributed by atoms with van der Waals surface area (Å²) < 4.78 is 5.71. The van der Waals surface area contributed by atoms with E-state index in [1.807, 2.05) is 56.3 Å². The van der Waals surface area contributed by atoms with Gasteiger partial charge in [-0.25, -0.2) is 0 Å². The molecule has 24 heavy (non-hydrogen) atoms. The molecule has 0 radical (unpaired) electrons. The maximum Gasteiger partial charge on any atom is 0.260 e. The van der Waals surface area contributed by atoms with Gasteiger partial charge in [-0.1, -0.05) is 35.9 Å². The van der Waals surface area contributed by atoms with Gasteiger partial charge in [-0.2, -0.15) is 0 Å². The fourth-order valence-corrected chi connectivity index (χ4v) is 2.61. The Labute approximate surface area is 149 Å². The van der Waals surface area contributed by atoms with Crippen molar-refractivity contribution < 1.29 is 9.53 Å². The molecule has 0 unspecified atom stereocenters. The van der Waals surface area contributed by atoms with Crippen molar-refractivity contribution in [3.05, 3.63) is 64.2 Å². The third kappa shape index (κ3) is 5.27. The number of aryl methyl sites for hydroxylation is 3. The van der Waals surface area contributed by atoms with Crippen LogP contribution in [0.2, 0.25) is 5.02 Å². The van der Waals surface area contributed by atoms with E-state index in [0.29, 0.717) is 6.54 Å². The molecule has 3 nitrogen and oxygen atoms in total. The molecule has 0 bridgehead atoms. The second kappa shape index (κ2) is 8.74. The fraction of sp³-hybridized carbons (Fsp3) is 0.350. The van der Waals surface area contributed by atoms with Crippen LogP contribution in [-0.4, -0.2) is 18.6 Å². The van der Waals surface area contributed by atoms with E-state index in [1.165, 1.54) is 5.56 Å². The Morgan fingerprint density at radius 3 is 2.62 bits per heavy atom. The van der Waals surface area contributed by atoms with Crippen molar-refractivity contribution in [1.82, 2.24) is 5.32 Å². The van der Waals surface area contributed by atoms with Gasteiger partial charge in [0.05, 0.1) is 0 Å². The SMILES string of the molecule is Cc1ccc(O[C@@H](C)C(=O)NCCCc2ccccc2Cl)cc1C. The van der Waals surface area contributed by atoms with Gasteiger partial charge in [0.15, 0.2) is 6.10 Å². The van der Waals surface area contributed by atoms with Gasteiger partial charge in [0.25, 0.3) is 5.91 Å². The number of benzene rings is 2. The zero-order valence-electron chi connectivity index (χ0n) is 14.4. The number of hydrogen-bond acceptors (Lipinski definition) is 2. The van der Waals surface area contributed by atoms with Gasteiger partial charge >= 0.3 is 0 Å². The van der Waals surface area contributed by atoms with Gasteiger partial charge in [0, 0.05) is 11.6 Å². The van der Waals surface area contributed by atoms with Crippen molar-refractivity contribution in [2.45, 2.75) is 39.7 Å². The molecule has 4 heteroatoms. The first kappa shape index (κ1) is 18.3. The van der Waals surface area contributed by atoms with Gasteiger partial charge in [-0.3, -0.25) is 4.79 Å². The monoisotopic (exact) mass is 345 g/mol. The highest BCUT2D eigenvalue weighted by Gasteiger charge is 2.14. The molecule has 0 heterocycles. The number of rotatable bonds is 7. The molecule has 0 aromatic heterocycles. The number of hydrogen-bond donors (Lipinski definition) is 1. The van der Waals surface area contributed by atoms with Crippen LogP contribution in [-0.2, 0) is 11.2 Å². The van der Waals surface area contributed by atoms with E-state index in [1.54, 1.807) is 6.92 Å². The average molecular weight is 346 g/mol. The minimum atomic E-state index is -0.521. The Balaban J connectivity index is 1.75. The Morgan fingerprint density at radius 2 is 1.92 bits per heavy atom. The Bertz CT molecular complexity index is 700. The Hall–Kier alpha value is -2.00. The molecule has 0 aliphatic carbocycles. The normalized spacial score (nSPS) is 11.8. The number of halogens is 1. The lowest BCUT2D eigenvalue weighted by Crippen LogP contribution is -2.36. The zero-order chi connectivity index (χ0) is 17.5. The van der Waals surface area contributed by atoms with E-state index in [0.717, 1.165) is 34.7 Å². The second-order valence-electron chi connectivity index (χ2n) is 5.99. The highest BCUT2D eigenvalue weighted by atomic mass is 35.5. The first-order valence-corrected chi connectivity index (χ1v) is 8.60. The van der Waals surface area contributed by atoms with Crippen molar-refractivity contribution in [2.75, 3.05) is 6.54 Å². The van der Waals surface area contributed by atoms with E-state index >= 15 is 0 Å². The maximum atomic E-state index is 12.1. The van der Waals surface area contributed by atoms with Crippen molar-refractivity contribution in [2.24, 2.45) is 0 Å². The van der Waals surface area contributed by atoms with E-state index in [4.69, 9.17) is 16.3 Å². The second-order valence-corrected chi connectivity index (χ2v) is 6.40. The first-order chi connectivity index (χ1) is 11.5. The molecule has 0 fully saturated rings. The summed E-state index contributed by atoms with van der Waals surface area (Å²) in [7, 11) is 0. The highest BCUT2D eigenvalue weighted by Crippen LogP contribution is 2.18. The predicted molar refractivity (Wildman–Crippen MR) is 98.8 cm³/mol. The largest absolute Gasteiger partial charge is 0.481 e. The molecule has 0 aliphatic rings. The molecule has 1 atom stereocenters. The number of nitrogens with one attached hydrogen (secondary N) is 1. The van der Waals surface area contributed by atoms with Crippen LogP contribution in [0.25, 0.3) is 0 Å². The van der Waals surface area contributed by atoms with Crippen LogP contribution in [0.1, 0.15) is 30.0 Å². The van der Waals surface area contributed by atoms with Crippen LogP contribution >= 0.6 is 11.6 Å². The quantitative estimate of drug-likeness (QED) is 0.752. The summed E-state index contributed by atoms with van der Waals surface area (Å²) in [5.74, 6) is 0.615. The molecule has 128 valence electrons.